The van der Waals surface area contributed by atoms with E-state index in [2.05, 4.69) is 21.2 Å². The van der Waals surface area contributed by atoms with E-state index in [1.54, 1.807) is 0 Å². The van der Waals surface area contributed by atoms with Crippen LogP contribution in [0.15, 0.2) is 40.9 Å². The molecule has 2 aromatic carbocycles. The molecule has 0 fully saturated rings. The van der Waals surface area contributed by atoms with Gasteiger partial charge in [0.15, 0.2) is 0 Å². The van der Waals surface area contributed by atoms with Crippen molar-refractivity contribution in [3.63, 3.8) is 0 Å². The van der Waals surface area contributed by atoms with Gasteiger partial charge in [0.05, 0.1) is 11.3 Å². The number of nitrogens with one attached hydrogen (secondary N) is 1. The Labute approximate surface area is 127 Å². The summed E-state index contributed by atoms with van der Waals surface area (Å²) in [5, 5.41) is 20.8. The van der Waals surface area contributed by atoms with Gasteiger partial charge in [-0.1, -0.05) is 15.9 Å². The summed E-state index contributed by atoms with van der Waals surface area (Å²) >= 11 is 3.07. The number of benzene rings is 2. The molecule has 0 aromatic heterocycles. The van der Waals surface area contributed by atoms with Gasteiger partial charge in [-0.3, -0.25) is 4.79 Å². The number of amides is 1. The third kappa shape index (κ3) is 3.57. The first-order chi connectivity index (χ1) is 9.86. The van der Waals surface area contributed by atoms with E-state index in [4.69, 9.17) is 5.11 Å². The third-order valence-corrected chi connectivity index (χ3v) is 3.08. The van der Waals surface area contributed by atoms with Crippen molar-refractivity contribution in [3.8, 4) is 5.75 Å². The summed E-state index contributed by atoms with van der Waals surface area (Å²) in [5.41, 5.74) is -0.0204. The molecule has 0 aliphatic carbocycles. The Balaban J connectivity index is 2.25. The number of carboxylic acids is 1. The van der Waals surface area contributed by atoms with Crippen LogP contribution in [0, 0.1) is 5.82 Å². The number of phenolic OH excluding ortho intramolecular Hbond substituents is 1. The fourth-order valence-electron chi connectivity index (χ4n) is 1.65. The van der Waals surface area contributed by atoms with E-state index >= 15 is 0 Å². The van der Waals surface area contributed by atoms with Crippen molar-refractivity contribution in [2.24, 2.45) is 0 Å². The molecular formula is C14H9BrFNO4. The predicted octanol–water partition coefficient (Wildman–Crippen LogP) is 3.24. The molecule has 0 unspecified atom stereocenters. The minimum absolute atomic E-state index is 0.0328. The predicted molar refractivity (Wildman–Crippen MR) is 77.1 cm³/mol. The van der Waals surface area contributed by atoms with E-state index in [0.717, 1.165) is 12.1 Å². The highest BCUT2D eigenvalue weighted by Gasteiger charge is 2.13. The summed E-state index contributed by atoms with van der Waals surface area (Å²) in [4.78, 5) is 22.7. The molecule has 0 spiro atoms. The highest BCUT2D eigenvalue weighted by molar-refractivity contribution is 9.10. The second kappa shape index (κ2) is 5.92. The Morgan fingerprint density at radius 2 is 1.81 bits per heavy atom. The first-order valence-corrected chi connectivity index (χ1v) is 6.50. The van der Waals surface area contributed by atoms with E-state index in [0.29, 0.717) is 4.47 Å². The molecule has 3 N–H and O–H groups in total. The molecule has 2 rings (SSSR count). The fourth-order valence-corrected chi connectivity index (χ4v) is 2.12. The SMILES string of the molecule is O=C(O)c1ccc(NC(=O)c2cc(F)cc(Br)c2)c(O)c1. The molecule has 5 nitrogen and oxygen atoms in total. The monoisotopic (exact) mass is 353 g/mol. The van der Waals surface area contributed by atoms with Crippen molar-refractivity contribution < 1.29 is 24.2 Å². The Morgan fingerprint density at radius 3 is 2.38 bits per heavy atom. The molecule has 0 aliphatic heterocycles. The maximum Gasteiger partial charge on any atom is 0.335 e. The van der Waals surface area contributed by atoms with Gasteiger partial charge in [0, 0.05) is 10.0 Å². The Hall–Kier alpha value is -2.41. The second-order valence-electron chi connectivity index (χ2n) is 4.15. The molecule has 1 amide bonds. The van der Waals surface area contributed by atoms with E-state index in [-0.39, 0.29) is 16.8 Å². The van der Waals surface area contributed by atoms with E-state index in [1.807, 2.05) is 0 Å². The number of aromatic hydroxyl groups is 1. The molecule has 21 heavy (non-hydrogen) atoms. The van der Waals surface area contributed by atoms with Gasteiger partial charge in [-0.2, -0.15) is 0 Å². The molecule has 7 heteroatoms. The minimum Gasteiger partial charge on any atom is -0.506 e. The number of carbonyl (C=O) groups is 2. The Bertz CT molecular complexity index is 713. The largest absolute Gasteiger partial charge is 0.506 e. The Kier molecular flexibility index (Phi) is 4.23. The smallest absolute Gasteiger partial charge is 0.335 e. The van der Waals surface area contributed by atoms with Crippen molar-refractivity contribution in [1.29, 1.82) is 0 Å². The second-order valence-corrected chi connectivity index (χ2v) is 5.07. The molecule has 0 heterocycles. The normalized spacial score (nSPS) is 10.2. The zero-order valence-corrected chi connectivity index (χ0v) is 12.0. The zero-order chi connectivity index (χ0) is 15.6. The molecule has 108 valence electrons. The zero-order valence-electron chi connectivity index (χ0n) is 10.4. The number of aromatic carboxylic acids is 1. The number of rotatable bonds is 3. The molecule has 0 bridgehead atoms. The highest BCUT2D eigenvalue weighted by atomic mass is 79.9. The quantitative estimate of drug-likeness (QED) is 0.739. The van der Waals surface area contributed by atoms with Crippen LogP contribution in [0.2, 0.25) is 0 Å². The van der Waals surface area contributed by atoms with Crippen LogP contribution >= 0.6 is 15.9 Å². The van der Waals surface area contributed by atoms with E-state index < -0.39 is 23.4 Å². The van der Waals surface area contributed by atoms with Crippen molar-refractivity contribution in [3.05, 3.63) is 57.8 Å². The van der Waals surface area contributed by atoms with Gasteiger partial charge in [-0.25, -0.2) is 9.18 Å². The van der Waals surface area contributed by atoms with E-state index in [9.17, 15) is 19.1 Å². The summed E-state index contributed by atoms with van der Waals surface area (Å²) in [7, 11) is 0. The van der Waals surface area contributed by atoms with Gasteiger partial charge in [0.1, 0.15) is 11.6 Å². The van der Waals surface area contributed by atoms with Crippen molar-refractivity contribution in [2.45, 2.75) is 0 Å². The number of hydrogen-bond acceptors (Lipinski definition) is 3. The maximum absolute atomic E-state index is 13.2. The lowest BCUT2D eigenvalue weighted by atomic mass is 10.1. The van der Waals surface area contributed by atoms with Gasteiger partial charge < -0.3 is 15.5 Å². The average Bonchev–Trinajstić information content (AvgIpc) is 2.39. The van der Waals surface area contributed by atoms with E-state index in [1.165, 1.54) is 24.3 Å². The number of phenols is 1. The molecular weight excluding hydrogens is 345 g/mol. The molecule has 0 aliphatic rings. The average molecular weight is 354 g/mol. The first-order valence-electron chi connectivity index (χ1n) is 5.70. The molecule has 0 saturated carbocycles. The van der Waals surface area contributed by atoms with Gasteiger partial charge >= 0.3 is 5.97 Å². The van der Waals surface area contributed by atoms with Gasteiger partial charge in [0.2, 0.25) is 0 Å². The summed E-state index contributed by atoms with van der Waals surface area (Å²) in [6, 6.07) is 7.17. The summed E-state index contributed by atoms with van der Waals surface area (Å²) in [6.07, 6.45) is 0. The fraction of sp³-hybridized carbons (Fsp3) is 0. The number of halogens is 2. The third-order valence-electron chi connectivity index (χ3n) is 2.62. The van der Waals surface area contributed by atoms with Gasteiger partial charge in [-0.05, 0) is 36.4 Å². The highest BCUT2D eigenvalue weighted by Crippen LogP contribution is 2.25. The maximum atomic E-state index is 13.2. The summed E-state index contributed by atoms with van der Waals surface area (Å²) < 4.78 is 13.6. The molecule has 0 saturated heterocycles. The van der Waals surface area contributed by atoms with Crippen LogP contribution in [0.5, 0.6) is 5.75 Å². The minimum atomic E-state index is -1.20. The summed E-state index contributed by atoms with van der Waals surface area (Å²) in [6.45, 7) is 0. The van der Waals surface area contributed by atoms with Crippen LogP contribution in [0.4, 0.5) is 10.1 Å². The van der Waals surface area contributed by atoms with Crippen LogP contribution < -0.4 is 5.32 Å². The number of carboxylic acid groups (broad SMARTS) is 1. The number of hydrogen-bond donors (Lipinski definition) is 3. The van der Waals surface area contributed by atoms with Crippen LogP contribution in [-0.4, -0.2) is 22.1 Å². The van der Waals surface area contributed by atoms with Crippen molar-refractivity contribution in [1.82, 2.24) is 0 Å². The molecule has 0 atom stereocenters. The lowest BCUT2D eigenvalue weighted by Gasteiger charge is -2.08. The van der Waals surface area contributed by atoms with Crippen LogP contribution in [0.25, 0.3) is 0 Å². The van der Waals surface area contributed by atoms with Gasteiger partial charge in [0.25, 0.3) is 5.91 Å². The summed E-state index contributed by atoms with van der Waals surface area (Å²) in [5.74, 6) is -2.80. The van der Waals surface area contributed by atoms with Gasteiger partial charge in [-0.15, -0.1) is 0 Å². The van der Waals surface area contributed by atoms with Crippen molar-refractivity contribution in [2.75, 3.05) is 5.32 Å². The lowest BCUT2D eigenvalue weighted by Crippen LogP contribution is -2.12. The van der Waals surface area contributed by atoms with Crippen LogP contribution in [0.3, 0.4) is 0 Å². The molecule has 0 radical (unpaired) electrons. The standard InChI is InChI=1S/C14H9BrFNO4/c15-9-3-8(4-10(16)6-9)13(19)17-11-2-1-7(14(20)21)5-12(11)18/h1-6,18H,(H,17,19)(H,20,21). The van der Waals surface area contributed by atoms with Crippen LogP contribution in [0.1, 0.15) is 20.7 Å². The number of carbonyl (C=O) groups excluding carboxylic acids is 1. The van der Waals surface area contributed by atoms with Crippen molar-refractivity contribution >= 4 is 33.5 Å². The molecule has 2 aromatic rings. The van der Waals surface area contributed by atoms with Crippen LogP contribution in [-0.2, 0) is 0 Å². The first kappa shape index (κ1) is 15.0. The Morgan fingerprint density at radius 1 is 1.10 bits per heavy atom. The topological polar surface area (TPSA) is 86.6 Å². The number of anilines is 1. The lowest BCUT2D eigenvalue weighted by molar-refractivity contribution is 0.0696.